The van der Waals surface area contributed by atoms with Crippen LogP contribution in [-0.2, 0) is 9.53 Å². The summed E-state index contributed by atoms with van der Waals surface area (Å²) in [6.07, 6.45) is 0. The van der Waals surface area contributed by atoms with E-state index in [1.165, 1.54) is 29.6 Å². The van der Waals surface area contributed by atoms with Crippen LogP contribution in [0.1, 0.15) is 36.8 Å². The van der Waals surface area contributed by atoms with Crippen molar-refractivity contribution in [1.29, 1.82) is 0 Å². The second-order valence-electron chi connectivity index (χ2n) is 6.14. The molecule has 0 bridgehead atoms. The van der Waals surface area contributed by atoms with Crippen molar-refractivity contribution in [2.24, 2.45) is 0 Å². The molecule has 3 aromatic rings. The van der Waals surface area contributed by atoms with E-state index < -0.39 is 5.97 Å². The monoisotopic (exact) mass is 446 g/mol. The van der Waals surface area contributed by atoms with E-state index in [0.717, 1.165) is 16.3 Å². The van der Waals surface area contributed by atoms with E-state index in [9.17, 15) is 9.59 Å². The Bertz CT molecular complexity index is 1060. The quantitative estimate of drug-likeness (QED) is 0.477. The van der Waals surface area contributed by atoms with Gasteiger partial charge in [-0.3, -0.25) is 4.79 Å². The molecular weight excluding hydrogens is 424 g/mol. The predicted molar refractivity (Wildman–Crippen MR) is 119 cm³/mol. The fourth-order valence-electron chi connectivity index (χ4n) is 2.64. The Morgan fingerprint density at radius 3 is 2.63 bits per heavy atom. The van der Waals surface area contributed by atoms with Gasteiger partial charge in [0, 0.05) is 12.3 Å². The molecule has 10 heteroatoms. The molecule has 158 valence electrons. The number of rotatable bonds is 8. The molecule has 0 aliphatic rings. The molecular formula is C20H22N4O4S2. The number of esters is 1. The fraction of sp³-hybridized carbons (Fsp3) is 0.300. The molecule has 30 heavy (non-hydrogen) atoms. The summed E-state index contributed by atoms with van der Waals surface area (Å²) in [5.74, 6) is 0.0549. The standard InChI is InChI=1S/C20H22N4O4S2/c1-5-27-16-8-7-13(18(26)28-6-2)9-14(16)23-19-24-15(10-29-19)17-11(3)21-20(30-17)22-12(4)25/h7-10H,5-6H2,1-4H3,(H,23,24)(H,21,22,25). The van der Waals surface area contributed by atoms with Crippen molar-refractivity contribution in [2.75, 3.05) is 23.8 Å². The summed E-state index contributed by atoms with van der Waals surface area (Å²) in [5, 5.41) is 9.02. The number of aryl methyl sites for hydroxylation is 1. The van der Waals surface area contributed by atoms with Crippen LogP contribution in [0.3, 0.4) is 0 Å². The van der Waals surface area contributed by atoms with Crippen LogP contribution in [0.4, 0.5) is 16.0 Å². The van der Waals surface area contributed by atoms with Crippen molar-refractivity contribution >= 4 is 50.5 Å². The number of benzene rings is 1. The van der Waals surface area contributed by atoms with Crippen LogP contribution in [0.15, 0.2) is 23.6 Å². The van der Waals surface area contributed by atoms with Crippen LogP contribution in [-0.4, -0.2) is 35.1 Å². The minimum atomic E-state index is -0.394. The van der Waals surface area contributed by atoms with Gasteiger partial charge in [-0.05, 0) is 39.0 Å². The molecule has 1 amide bonds. The Morgan fingerprint density at radius 2 is 1.93 bits per heavy atom. The summed E-state index contributed by atoms with van der Waals surface area (Å²) in [7, 11) is 0. The lowest BCUT2D eigenvalue weighted by atomic mass is 10.2. The Kier molecular flexibility index (Phi) is 7.01. The molecule has 8 nitrogen and oxygen atoms in total. The number of hydrogen-bond donors (Lipinski definition) is 2. The number of anilines is 3. The van der Waals surface area contributed by atoms with Crippen molar-refractivity contribution in [2.45, 2.75) is 27.7 Å². The zero-order valence-electron chi connectivity index (χ0n) is 17.1. The molecule has 0 radical (unpaired) electrons. The Hall–Kier alpha value is -2.98. The summed E-state index contributed by atoms with van der Waals surface area (Å²) >= 11 is 2.79. The van der Waals surface area contributed by atoms with Gasteiger partial charge in [-0.1, -0.05) is 11.3 Å². The Morgan fingerprint density at radius 1 is 1.13 bits per heavy atom. The van der Waals surface area contributed by atoms with Crippen LogP contribution in [0.25, 0.3) is 10.6 Å². The maximum absolute atomic E-state index is 12.1. The molecule has 0 saturated carbocycles. The second-order valence-corrected chi connectivity index (χ2v) is 8.00. The third-order valence-electron chi connectivity index (χ3n) is 3.85. The zero-order valence-corrected chi connectivity index (χ0v) is 18.7. The summed E-state index contributed by atoms with van der Waals surface area (Å²) in [6, 6.07) is 5.10. The number of aromatic nitrogens is 2. The first-order chi connectivity index (χ1) is 14.4. The van der Waals surface area contributed by atoms with E-state index >= 15 is 0 Å². The first kappa shape index (κ1) is 21.7. The number of ether oxygens (including phenoxy) is 2. The van der Waals surface area contributed by atoms with Crippen molar-refractivity contribution in [1.82, 2.24) is 9.97 Å². The van der Waals surface area contributed by atoms with Gasteiger partial charge in [0.05, 0.1) is 40.7 Å². The summed E-state index contributed by atoms with van der Waals surface area (Å²) < 4.78 is 10.8. The fourth-order valence-corrected chi connectivity index (χ4v) is 4.40. The third kappa shape index (κ3) is 5.14. The molecule has 0 aliphatic heterocycles. The van der Waals surface area contributed by atoms with Gasteiger partial charge >= 0.3 is 5.97 Å². The van der Waals surface area contributed by atoms with E-state index in [1.54, 1.807) is 25.1 Å². The van der Waals surface area contributed by atoms with E-state index in [-0.39, 0.29) is 5.91 Å². The molecule has 2 aromatic heterocycles. The van der Waals surface area contributed by atoms with E-state index in [0.29, 0.717) is 40.5 Å². The molecule has 0 spiro atoms. The first-order valence-corrected chi connectivity index (χ1v) is 11.0. The molecule has 2 N–H and O–H groups in total. The number of thiazole rings is 2. The minimum absolute atomic E-state index is 0.166. The summed E-state index contributed by atoms with van der Waals surface area (Å²) in [4.78, 5) is 33.2. The zero-order chi connectivity index (χ0) is 21.7. The highest BCUT2D eigenvalue weighted by molar-refractivity contribution is 7.20. The average Bonchev–Trinajstić information content (AvgIpc) is 3.29. The van der Waals surface area contributed by atoms with Gasteiger partial charge < -0.3 is 20.1 Å². The maximum Gasteiger partial charge on any atom is 0.338 e. The van der Waals surface area contributed by atoms with Crippen LogP contribution < -0.4 is 15.4 Å². The third-order valence-corrected chi connectivity index (χ3v) is 5.70. The maximum atomic E-state index is 12.1. The smallest absolute Gasteiger partial charge is 0.338 e. The van der Waals surface area contributed by atoms with Gasteiger partial charge in [0.25, 0.3) is 0 Å². The largest absolute Gasteiger partial charge is 0.492 e. The molecule has 0 aliphatic carbocycles. The highest BCUT2D eigenvalue weighted by Crippen LogP contribution is 2.36. The van der Waals surface area contributed by atoms with Gasteiger partial charge in [0.2, 0.25) is 5.91 Å². The number of carbonyl (C=O) groups is 2. The van der Waals surface area contributed by atoms with Gasteiger partial charge in [-0.2, -0.15) is 0 Å². The van der Waals surface area contributed by atoms with E-state index in [1.807, 2.05) is 19.2 Å². The minimum Gasteiger partial charge on any atom is -0.492 e. The highest BCUT2D eigenvalue weighted by Gasteiger charge is 2.16. The lowest BCUT2D eigenvalue weighted by Crippen LogP contribution is -2.06. The van der Waals surface area contributed by atoms with Crippen LogP contribution in [0.5, 0.6) is 5.75 Å². The van der Waals surface area contributed by atoms with Crippen LogP contribution >= 0.6 is 22.7 Å². The molecule has 0 atom stereocenters. The molecule has 2 heterocycles. The predicted octanol–water partition coefficient (Wildman–Crippen LogP) is 4.85. The van der Waals surface area contributed by atoms with Crippen molar-refractivity contribution in [3.05, 3.63) is 34.8 Å². The normalized spacial score (nSPS) is 10.5. The Labute approximate surface area is 182 Å². The number of nitrogens with one attached hydrogen (secondary N) is 2. The SMILES string of the molecule is CCOC(=O)c1ccc(OCC)c(Nc2nc(-c3sc(NC(C)=O)nc3C)cs2)c1. The number of amides is 1. The van der Waals surface area contributed by atoms with Gasteiger partial charge in [0.1, 0.15) is 5.75 Å². The molecule has 3 rings (SSSR count). The molecule has 0 fully saturated rings. The van der Waals surface area contributed by atoms with Gasteiger partial charge in [-0.15, -0.1) is 11.3 Å². The number of carbonyl (C=O) groups excluding carboxylic acids is 2. The lowest BCUT2D eigenvalue weighted by Gasteiger charge is -2.12. The van der Waals surface area contributed by atoms with Crippen LogP contribution in [0, 0.1) is 6.92 Å². The highest BCUT2D eigenvalue weighted by atomic mass is 32.1. The van der Waals surface area contributed by atoms with Crippen LogP contribution in [0.2, 0.25) is 0 Å². The number of nitrogens with zero attached hydrogens (tertiary/aromatic N) is 2. The number of hydrogen-bond acceptors (Lipinski definition) is 9. The molecule has 0 unspecified atom stereocenters. The Balaban J connectivity index is 1.86. The van der Waals surface area contributed by atoms with Crippen molar-refractivity contribution in [3.8, 4) is 16.3 Å². The average molecular weight is 447 g/mol. The first-order valence-electron chi connectivity index (χ1n) is 9.33. The van der Waals surface area contributed by atoms with Gasteiger partial charge in [0.15, 0.2) is 10.3 Å². The van der Waals surface area contributed by atoms with Crippen molar-refractivity contribution in [3.63, 3.8) is 0 Å². The van der Waals surface area contributed by atoms with Gasteiger partial charge in [-0.25, -0.2) is 14.8 Å². The summed E-state index contributed by atoms with van der Waals surface area (Å²) in [5.41, 5.74) is 2.61. The van der Waals surface area contributed by atoms with E-state index in [2.05, 4.69) is 20.6 Å². The molecule has 0 saturated heterocycles. The lowest BCUT2D eigenvalue weighted by molar-refractivity contribution is -0.114. The van der Waals surface area contributed by atoms with E-state index in [4.69, 9.17) is 9.47 Å². The topological polar surface area (TPSA) is 102 Å². The molecule has 1 aromatic carbocycles. The van der Waals surface area contributed by atoms with Crippen molar-refractivity contribution < 1.29 is 19.1 Å². The second kappa shape index (κ2) is 9.68. The summed E-state index contributed by atoms with van der Waals surface area (Å²) in [6.45, 7) is 7.77.